The Morgan fingerprint density at radius 1 is 0.288 bits per heavy atom. The third kappa shape index (κ3) is 35.9. The third-order valence-corrected chi connectivity index (χ3v) is 11.1. The van der Waals surface area contributed by atoms with Crippen LogP contribution in [-0.4, -0.2) is 17.7 Å². The van der Waals surface area contributed by atoms with E-state index in [2.05, 4.69) is 27.7 Å². The van der Waals surface area contributed by atoms with Crippen LogP contribution in [0.3, 0.4) is 0 Å². The Hall–Kier alpha value is -1.06. The van der Waals surface area contributed by atoms with E-state index < -0.39 is 5.79 Å². The molecule has 0 spiro atoms. The highest BCUT2D eigenvalue weighted by molar-refractivity contribution is 5.72. The molecule has 0 saturated carbocycles. The fraction of sp³-hybridized carbons (Fsp3) is 0.958. The molecule has 0 bridgehead atoms. The van der Waals surface area contributed by atoms with Crippen molar-refractivity contribution in [3.63, 3.8) is 0 Å². The summed E-state index contributed by atoms with van der Waals surface area (Å²) in [6.07, 6.45) is 47.9. The number of unbranched alkanes of at least 4 members (excludes halogenated alkanes) is 33. The highest BCUT2D eigenvalue weighted by Crippen LogP contribution is 2.31. The van der Waals surface area contributed by atoms with Gasteiger partial charge in [0, 0.05) is 25.7 Å². The molecule has 0 aromatic carbocycles. The first-order valence-corrected chi connectivity index (χ1v) is 24.0. The second-order valence-electron chi connectivity index (χ2n) is 16.5. The van der Waals surface area contributed by atoms with Gasteiger partial charge in [-0.3, -0.25) is 9.59 Å². The van der Waals surface area contributed by atoms with Gasteiger partial charge in [-0.05, 0) is 25.7 Å². The van der Waals surface area contributed by atoms with Crippen LogP contribution in [0.4, 0.5) is 0 Å². The molecule has 0 unspecified atom stereocenters. The molecular weight excluding hydrogens is 641 g/mol. The van der Waals surface area contributed by atoms with Crippen LogP contribution in [0.2, 0.25) is 0 Å². The maximum atomic E-state index is 13.4. The average Bonchev–Trinajstić information content (AvgIpc) is 3.13. The van der Waals surface area contributed by atoms with Crippen molar-refractivity contribution in [1.29, 1.82) is 0 Å². The molecule has 0 amide bonds. The number of rotatable bonds is 43. The fourth-order valence-electron chi connectivity index (χ4n) is 7.61. The van der Waals surface area contributed by atoms with Crippen LogP contribution in [0.1, 0.15) is 291 Å². The molecule has 0 saturated heterocycles. The summed E-state index contributed by atoms with van der Waals surface area (Å²) in [7, 11) is 0. The molecule has 0 aliphatic rings. The van der Waals surface area contributed by atoms with E-state index in [0.29, 0.717) is 25.7 Å². The summed E-state index contributed by atoms with van der Waals surface area (Å²) >= 11 is 0. The standard InChI is InChI=1S/C48H94O4/c1-5-9-13-17-21-25-29-33-37-41-45-48(44-40-36-32-28-24-20-16-12-8-4,51-46(49)42-38-34-30-26-22-18-14-10-6-2)52-47(50)43-39-35-31-27-23-19-15-11-7-3/h5-45H2,1-4H3. The van der Waals surface area contributed by atoms with Crippen LogP contribution in [0.5, 0.6) is 0 Å². The fourth-order valence-corrected chi connectivity index (χ4v) is 7.61. The van der Waals surface area contributed by atoms with Crippen molar-refractivity contribution >= 4 is 11.9 Å². The first kappa shape index (κ1) is 50.9. The quantitative estimate of drug-likeness (QED) is 0.0355. The molecule has 0 aliphatic carbocycles. The van der Waals surface area contributed by atoms with Gasteiger partial charge >= 0.3 is 11.9 Å². The van der Waals surface area contributed by atoms with Crippen LogP contribution in [0.15, 0.2) is 0 Å². The van der Waals surface area contributed by atoms with Crippen molar-refractivity contribution in [1.82, 2.24) is 0 Å². The highest BCUT2D eigenvalue weighted by Gasteiger charge is 2.37. The summed E-state index contributed by atoms with van der Waals surface area (Å²) in [5, 5.41) is 0. The maximum absolute atomic E-state index is 13.4. The lowest BCUT2D eigenvalue weighted by molar-refractivity contribution is -0.235. The smallest absolute Gasteiger partial charge is 0.309 e. The number of carbonyl (C=O) groups is 2. The first-order chi connectivity index (χ1) is 25.5. The monoisotopic (exact) mass is 735 g/mol. The Kier molecular flexibility index (Phi) is 40.3. The molecule has 0 aliphatic heterocycles. The van der Waals surface area contributed by atoms with E-state index in [-0.39, 0.29) is 11.9 Å². The minimum atomic E-state index is -1.09. The van der Waals surface area contributed by atoms with E-state index in [1.807, 2.05) is 0 Å². The van der Waals surface area contributed by atoms with Crippen LogP contribution in [0, 0.1) is 0 Å². The van der Waals surface area contributed by atoms with Gasteiger partial charge in [-0.25, -0.2) is 0 Å². The molecule has 310 valence electrons. The van der Waals surface area contributed by atoms with Crippen molar-refractivity contribution in [2.45, 2.75) is 297 Å². The van der Waals surface area contributed by atoms with E-state index in [4.69, 9.17) is 9.47 Å². The zero-order chi connectivity index (χ0) is 38.1. The van der Waals surface area contributed by atoms with Crippen LogP contribution < -0.4 is 0 Å². The Bertz CT molecular complexity index is 698. The lowest BCUT2D eigenvalue weighted by Gasteiger charge is -2.33. The number of esters is 2. The second-order valence-corrected chi connectivity index (χ2v) is 16.5. The van der Waals surface area contributed by atoms with Crippen molar-refractivity contribution in [3.05, 3.63) is 0 Å². The van der Waals surface area contributed by atoms with Crippen molar-refractivity contribution in [2.75, 3.05) is 0 Å². The molecule has 0 N–H and O–H groups in total. The molecular formula is C48H94O4. The Morgan fingerprint density at radius 3 is 0.712 bits per heavy atom. The van der Waals surface area contributed by atoms with Gasteiger partial charge in [0.1, 0.15) is 0 Å². The van der Waals surface area contributed by atoms with Crippen molar-refractivity contribution in [3.8, 4) is 0 Å². The zero-order valence-corrected chi connectivity index (χ0v) is 36.1. The van der Waals surface area contributed by atoms with Gasteiger partial charge < -0.3 is 9.47 Å². The lowest BCUT2D eigenvalue weighted by atomic mass is 9.98. The van der Waals surface area contributed by atoms with Gasteiger partial charge in [0.15, 0.2) is 0 Å². The van der Waals surface area contributed by atoms with Crippen LogP contribution in [0.25, 0.3) is 0 Å². The topological polar surface area (TPSA) is 52.6 Å². The largest absolute Gasteiger partial charge is 0.422 e. The van der Waals surface area contributed by atoms with Gasteiger partial charge in [-0.15, -0.1) is 0 Å². The molecule has 0 heterocycles. The second kappa shape index (κ2) is 41.1. The summed E-state index contributed by atoms with van der Waals surface area (Å²) in [4.78, 5) is 26.8. The molecule has 0 radical (unpaired) electrons. The Morgan fingerprint density at radius 2 is 0.481 bits per heavy atom. The Labute approximate surface area is 326 Å². The van der Waals surface area contributed by atoms with Gasteiger partial charge in [-0.1, -0.05) is 240 Å². The van der Waals surface area contributed by atoms with Gasteiger partial charge in [-0.2, -0.15) is 0 Å². The lowest BCUT2D eigenvalue weighted by Crippen LogP contribution is -2.40. The molecule has 0 rings (SSSR count). The third-order valence-electron chi connectivity index (χ3n) is 11.1. The zero-order valence-electron chi connectivity index (χ0n) is 36.1. The number of carbonyl (C=O) groups excluding carboxylic acids is 2. The molecule has 0 atom stereocenters. The van der Waals surface area contributed by atoms with Crippen LogP contribution in [-0.2, 0) is 19.1 Å². The van der Waals surface area contributed by atoms with Gasteiger partial charge in [0.25, 0.3) is 5.79 Å². The van der Waals surface area contributed by atoms with E-state index in [9.17, 15) is 9.59 Å². The SMILES string of the molecule is CCCCCCCCCCCCC(CCCCCCCCCCC)(OC(=O)CCCCCCCCCCC)OC(=O)CCCCCCCCCCC. The highest BCUT2D eigenvalue weighted by atomic mass is 16.7. The molecule has 4 nitrogen and oxygen atoms in total. The van der Waals surface area contributed by atoms with Crippen molar-refractivity contribution < 1.29 is 19.1 Å². The normalized spacial score (nSPS) is 11.7. The van der Waals surface area contributed by atoms with Crippen LogP contribution >= 0.6 is 0 Å². The Balaban J connectivity index is 5.19. The average molecular weight is 735 g/mol. The predicted molar refractivity (Wildman–Crippen MR) is 227 cm³/mol. The molecule has 0 aromatic heterocycles. The van der Waals surface area contributed by atoms with Crippen molar-refractivity contribution in [2.24, 2.45) is 0 Å². The van der Waals surface area contributed by atoms with Gasteiger partial charge in [0.05, 0.1) is 0 Å². The van der Waals surface area contributed by atoms with E-state index in [1.165, 1.54) is 186 Å². The summed E-state index contributed by atoms with van der Waals surface area (Å²) in [5.74, 6) is -1.42. The van der Waals surface area contributed by atoms with E-state index in [0.717, 1.165) is 51.4 Å². The molecule has 0 aromatic rings. The number of ether oxygens (including phenoxy) is 2. The summed E-state index contributed by atoms with van der Waals surface area (Å²) < 4.78 is 12.7. The molecule has 0 fully saturated rings. The minimum Gasteiger partial charge on any atom is -0.422 e. The summed E-state index contributed by atoms with van der Waals surface area (Å²) in [6, 6.07) is 0. The first-order valence-electron chi connectivity index (χ1n) is 24.0. The summed E-state index contributed by atoms with van der Waals surface area (Å²) in [5.41, 5.74) is 0. The number of hydrogen-bond donors (Lipinski definition) is 0. The minimum absolute atomic E-state index is 0.165. The van der Waals surface area contributed by atoms with Gasteiger partial charge in [0.2, 0.25) is 0 Å². The molecule has 52 heavy (non-hydrogen) atoms. The molecule has 4 heteroatoms. The maximum Gasteiger partial charge on any atom is 0.309 e. The van der Waals surface area contributed by atoms with E-state index >= 15 is 0 Å². The number of hydrogen-bond acceptors (Lipinski definition) is 4. The summed E-state index contributed by atoms with van der Waals surface area (Å²) in [6.45, 7) is 9.08. The predicted octanol–water partition coefficient (Wildman–Crippen LogP) is 16.8. The van der Waals surface area contributed by atoms with E-state index in [1.54, 1.807) is 0 Å².